The Balaban J connectivity index is 1.70. The van der Waals surface area contributed by atoms with E-state index in [4.69, 9.17) is 4.74 Å². The number of nitrogens with zero attached hydrogens (tertiary/aromatic N) is 2. The summed E-state index contributed by atoms with van der Waals surface area (Å²) in [7, 11) is 3.09. The monoisotopic (exact) mass is 375 g/mol. The van der Waals surface area contributed by atoms with Crippen LogP contribution in [-0.2, 0) is 11.3 Å². The molecule has 0 unspecified atom stereocenters. The number of nitrogens with one attached hydrogen (secondary N) is 1. The van der Waals surface area contributed by atoms with Crippen LogP contribution in [0.3, 0.4) is 0 Å². The van der Waals surface area contributed by atoms with Crippen LogP contribution in [0, 0.1) is 0 Å². The number of aromatic nitrogens is 1. The molecule has 0 aliphatic carbocycles. The number of carbonyl (C=O) groups excluding carboxylic acids is 2. The molecule has 0 fully saturated rings. The van der Waals surface area contributed by atoms with Gasteiger partial charge in [0.25, 0.3) is 5.91 Å². The van der Waals surface area contributed by atoms with Crippen molar-refractivity contribution >= 4 is 23.3 Å². The van der Waals surface area contributed by atoms with Crippen LogP contribution in [0.25, 0.3) is 0 Å². The van der Waals surface area contributed by atoms with Gasteiger partial charge in [-0.25, -0.2) is 9.78 Å². The summed E-state index contributed by atoms with van der Waals surface area (Å²) in [4.78, 5) is 30.3. The minimum Gasteiger partial charge on any atom is -0.465 e. The first-order valence-electron chi connectivity index (χ1n) is 8.78. The number of hydrogen-bond donors (Lipinski definition) is 1. The third-order valence-corrected chi connectivity index (χ3v) is 4.20. The summed E-state index contributed by atoms with van der Waals surface area (Å²) in [5, 5.41) is 3.13. The van der Waals surface area contributed by atoms with Crippen molar-refractivity contribution in [1.82, 2.24) is 9.88 Å². The van der Waals surface area contributed by atoms with E-state index in [0.717, 1.165) is 5.56 Å². The summed E-state index contributed by atoms with van der Waals surface area (Å²) >= 11 is 0. The minimum atomic E-state index is -0.426. The number of carbonyl (C=O) groups is 2. The molecule has 3 rings (SSSR count). The first kappa shape index (κ1) is 19.1. The molecule has 1 heterocycles. The van der Waals surface area contributed by atoms with E-state index in [1.54, 1.807) is 48.5 Å². The number of esters is 1. The van der Waals surface area contributed by atoms with Crippen LogP contribution < -0.4 is 5.32 Å². The van der Waals surface area contributed by atoms with Crippen LogP contribution >= 0.6 is 0 Å². The van der Waals surface area contributed by atoms with Crippen LogP contribution in [0.15, 0.2) is 72.9 Å². The average molecular weight is 375 g/mol. The molecular weight excluding hydrogens is 354 g/mol. The summed E-state index contributed by atoms with van der Waals surface area (Å²) in [6.45, 7) is 0.508. The lowest BCUT2D eigenvalue weighted by molar-refractivity contribution is 0.0601. The van der Waals surface area contributed by atoms with Gasteiger partial charge in [0.15, 0.2) is 0 Å². The van der Waals surface area contributed by atoms with Crippen molar-refractivity contribution in [3.05, 3.63) is 89.7 Å². The Morgan fingerprint density at radius 3 is 2.39 bits per heavy atom. The SMILES string of the molecule is COC(=O)c1ccccc1Nc1ccc(C(=O)N(C)Cc2ccccc2)nc1. The normalized spacial score (nSPS) is 10.2. The van der Waals surface area contributed by atoms with E-state index in [9.17, 15) is 9.59 Å². The topological polar surface area (TPSA) is 71.5 Å². The molecule has 2 aromatic carbocycles. The number of benzene rings is 2. The molecule has 0 aliphatic rings. The van der Waals surface area contributed by atoms with Crippen molar-refractivity contribution in [3.8, 4) is 0 Å². The van der Waals surface area contributed by atoms with Gasteiger partial charge in [0.2, 0.25) is 0 Å². The highest BCUT2D eigenvalue weighted by molar-refractivity contribution is 5.96. The van der Waals surface area contributed by atoms with Crippen molar-refractivity contribution in [2.45, 2.75) is 6.54 Å². The fourth-order valence-electron chi connectivity index (χ4n) is 2.75. The van der Waals surface area contributed by atoms with Gasteiger partial charge < -0.3 is 15.0 Å². The number of methoxy groups -OCH3 is 1. The van der Waals surface area contributed by atoms with Gasteiger partial charge in [0.1, 0.15) is 5.69 Å². The molecule has 0 saturated heterocycles. The molecule has 1 amide bonds. The fraction of sp³-hybridized carbons (Fsp3) is 0.136. The Morgan fingerprint density at radius 2 is 1.71 bits per heavy atom. The summed E-state index contributed by atoms with van der Waals surface area (Å²) < 4.78 is 4.80. The quantitative estimate of drug-likeness (QED) is 0.662. The standard InChI is InChI=1S/C22H21N3O3/c1-25(15-16-8-4-3-5-9-16)21(26)20-13-12-17(14-23-20)24-19-11-7-6-10-18(19)22(27)28-2/h3-14,24H,15H2,1-2H3. The van der Waals surface area contributed by atoms with Crippen molar-refractivity contribution in [1.29, 1.82) is 0 Å². The van der Waals surface area contributed by atoms with Gasteiger partial charge in [-0.05, 0) is 29.8 Å². The number of pyridine rings is 1. The maximum Gasteiger partial charge on any atom is 0.339 e. The van der Waals surface area contributed by atoms with Gasteiger partial charge in [-0.1, -0.05) is 42.5 Å². The van der Waals surface area contributed by atoms with Gasteiger partial charge in [0, 0.05) is 13.6 Å². The highest BCUT2D eigenvalue weighted by atomic mass is 16.5. The van der Waals surface area contributed by atoms with Crippen molar-refractivity contribution < 1.29 is 14.3 Å². The summed E-state index contributed by atoms with van der Waals surface area (Å²) in [6, 6.07) is 20.2. The summed E-state index contributed by atoms with van der Waals surface area (Å²) in [5.74, 6) is -0.587. The molecule has 142 valence electrons. The number of ether oxygens (including phenoxy) is 1. The third kappa shape index (κ3) is 4.54. The average Bonchev–Trinajstić information content (AvgIpc) is 2.74. The molecule has 0 atom stereocenters. The molecule has 1 N–H and O–H groups in total. The highest BCUT2D eigenvalue weighted by Crippen LogP contribution is 2.21. The molecule has 0 spiro atoms. The van der Waals surface area contributed by atoms with Gasteiger partial charge >= 0.3 is 5.97 Å². The molecule has 3 aromatic rings. The maximum absolute atomic E-state index is 12.6. The predicted octanol–water partition coefficient (Wildman–Crippen LogP) is 3.88. The van der Waals surface area contributed by atoms with E-state index in [0.29, 0.717) is 29.2 Å². The van der Waals surface area contributed by atoms with Gasteiger partial charge in [-0.15, -0.1) is 0 Å². The maximum atomic E-state index is 12.6. The zero-order valence-electron chi connectivity index (χ0n) is 15.8. The smallest absolute Gasteiger partial charge is 0.339 e. The second kappa shape index (κ2) is 8.81. The highest BCUT2D eigenvalue weighted by Gasteiger charge is 2.14. The Bertz CT molecular complexity index is 956. The molecule has 0 aliphatic heterocycles. The molecule has 0 radical (unpaired) electrons. The lowest BCUT2D eigenvalue weighted by Gasteiger charge is -2.17. The van der Waals surface area contributed by atoms with Gasteiger partial charge in [-0.2, -0.15) is 0 Å². The van der Waals surface area contributed by atoms with Gasteiger partial charge in [-0.3, -0.25) is 4.79 Å². The lowest BCUT2D eigenvalue weighted by atomic mass is 10.1. The number of rotatable bonds is 6. The van der Waals surface area contributed by atoms with E-state index in [-0.39, 0.29) is 5.91 Å². The lowest BCUT2D eigenvalue weighted by Crippen LogP contribution is -2.26. The number of amides is 1. The largest absolute Gasteiger partial charge is 0.465 e. The fourth-order valence-corrected chi connectivity index (χ4v) is 2.75. The molecule has 6 heteroatoms. The number of anilines is 2. The van der Waals surface area contributed by atoms with Crippen LogP contribution in [-0.4, -0.2) is 35.9 Å². The third-order valence-electron chi connectivity index (χ3n) is 4.20. The van der Waals surface area contributed by atoms with Crippen LogP contribution in [0.2, 0.25) is 0 Å². The number of para-hydroxylation sites is 1. The molecule has 1 aromatic heterocycles. The van der Waals surface area contributed by atoms with E-state index >= 15 is 0 Å². The number of hydrogen-bond acceptors (Lipinski definition) is 5. The second-order valence-corrected chi connectivity index (χ2v) is 6.24. The Kier molecular flexibility index (Phi) is 6.01. The Morgan fingerprint density at radius 1 is 1.00 bits per heavy atom. The van der Waals surface area contributed by atoms with E-state index in [1.807, 2.05) is 36.4 Å². The molecule has 6 nitrogen and oxygen atoms in total. The van der Waals surface area contributed by atoms with E-state index in [2.05, 4.69) is 10.3 Å². The van der Waals surface area contributed by atoms with Crippen LogP contribution in [0.1, 0.15) is 26.4 Å². The first-order valence-corrected chi connectivity index (χ1v) is 8.78. The van der Waals surface area contributed by atoms with Crippen molar-refractivity contribution in [3.63, 3.8) is 0 Å². The van der Waals surface area contributed by atoms with Crippen molar-refractivity contribution in [2.75, 3.05) is 19.5 Å². The van der Waals surface area contributed by atoms with Crippen LogP contribution in [0.5, 0.6) is 0 Å². The minimum absolute atomic E-state index is 0.162. The molecule has 0 saturated carbocycles. The zero-order chi connectivity index (χ0) is 19.9. The van der Waals surface area contributed by atoms with Crippen LogP contribution in [0.4, 0.5) is 11.4 Å². The summed E-state index contributed by atoms with van der Waals surface area (Å²) in [5.41, 5.74) is 3.10. The zero-order valence-corrected chi connectivity index (χ0v) is 15.8. The van der Waals surface area contributed by atoms with Crippen molar-refractivity contribution in [2.24, 2.45) is 0 Å². The molecular formula is C22H21N3O3. The second-order valence-electron chi connectivity index (χ2n) is 6.24. The van der Waals surface area contributed by atoms with E-state index in [1.165, 1.54) is 7.11 Å². The molecule has 0 bridgehead atoms. The molecule has 28 heavy (non-hydrogen) atoms. The summed E-state index contributed by atoms with van der Waals surface area (Å²) in [6.07, 6.45) is 1.57. The first-order chi connectivity index (χ1) is 13.6. The Hall–Kier alpha value is -3.67. The Labute approximate surface area is 163 Å². The predicted molar refractivity (Wildman–Crippen MR) is 108 cm³/mol. The van der Waals surface area contributed by atoms with Gasteiger partial charge in [0.05, 0.1) is 30.2 Å². The van der Waals surface area contributed by atoms with E-state index < -0.39 is 5.97 Å².